The number of rotatable bonds is 2. The Morgan fingerprint density at radius 1 is 1.27 bits per heavy atom. The number of carbonyl (C=O) groups excluding carboxylic acids is 2. The Bertz CT molecular complexity index is 1050. The number of amides is 2. The SMILES string of the molecule is NC(=O)c1nc2n(n1)C([C@@H]1CCc3cc(F)cc(F)c3NC1=O)(C(F)(F)F)CCC2. The third-order valence-corrected chi connectivity index (χ3v) is 5.70. The summed E-state index contributed by atoms with van der Waals surface area (Å²) in [5.41, 5.74) is 2.05. The maximum atomic E-state index is 14.5. The van der Waals surface area contributed by atoms with Crippen LogP contribution in [0.2, 0.25) is 0 Å². The molecule has 0 bridgehead atoms. The van der Waals surface area contributed by atoms with E-state index in [4.69, 9.17) is 5.73 Å². The number of hydrogen-bond donors (Lipinski definition) is 2. The van der Waals surface area contributed by atoms with Crippen molar-refractivity contribution in [2.75, 3.05) is 5.32 Å². The molecular weight excluding hydrogens is 413 g/mol. The number of halogens is 5. The van der Waals surface area contributed by atoms with Gasteiger partial charge in [-0.3, -0.25) is 9.59 Å². The second kappa shape index (κ2) is 6.74. The van der Waals surface area contributed by atoms with Crippen molar-refractivity contribution in [3.63, 3.8) is 0 Å². The number of nitrogens with zero attached hydrogens (tertiary/aromatic N) is 3. The summed E-state index contributed by atoms with van der Waals surface area (Å²) in [5, 5.41) is 5.88. The molecule has 1 aromatic carbocycles. The Labute approximate surface area is 166 Å². The molecule has 160 valence electrons. The quantitative estimate of drug-likeness (QED) is 0.716. The molecule has 2 aliphatic heterocycles. The largest absolute Gasteiger partial charge is 0.414 e. The molecule has 7 nitrogen and oxygen atoms in total. The highest BCUT2D eigenvalue weighted by Crippen LogP contribution is 2.51. The Kier molecular flexibility index (Phi) is 4.55. The number of fused-ring (bicyclic) bond motifs is 2. The molecular formula is C18H16F5N5O2. The van der Waals surface area contributed by atoms with Crippen molar-refractivity contribution in [2.24, 2.45) is 11.7 Å². The minimum Gasteiger partial charge on any atom is -0.363 e. The molecule has 2 aromatic rings. The summed E-state index contributed by atoms with van der Waals surface area (Å²) in [4.78, 5) is 28.1. The van der Waals surface area contributed by atoms with Crippen LogP contribution in [-0.2, 0) is 23.2 Å². The van der Waals surface area contributed by atoms with Crippen molar-refractivity contribution in [1.82, 2.24) is 14.8 Å². The lowest BCUT2D eigenvalue weighted by Gasteiger charge is -2.43. The summed E-state index contributed by atoms with van der Waals surface area (Å²) >= 11 is 0. The zero-order valence-corrected chi connectivity index (χ0v) is 15.4. The number of primary amides is 1. The van der Waals surface area contributed by atoms with Crippen molar-refractivity contribution >= 4 is 17.5 Å². The predicted octanol–water partition coefficient (Wildman–Crippen LogP) is 2.45. The molecule has 12 heteroatoms. The second-order valence-electron chi connectivity index (χ2n) is 7.41. The number of hydrogen-bond acceptors (Lipinski definition) is 4. The lowest BCUT2D eigenvalue weighted by Crippen LogP contribution is -2.58. The maximum absolute atomic E-state index is 14.5. The molecule has 3 N–H and O–H groups in total. The van der Waals surface area contributed by atoms with Crippen LogP contribution in [0.5, 0.6) is 0 Å². The standard InChI is InChI=1S/C18H16F5N5O2/c19-9-6-8-3-4-10(16(30)26-13(8)11(20)7-9)17(18(21,22)23)5-1-2-12-25-15(14(24)29)27-28(12)17/h6-7,10H,1-5H2,(H2,24,29)(H,26,30)/t10-,17?/m1/s1. The lowest BCUT2D eigenvalue weighted by atomic mass is 9.74. The molecule has 0 radical (unpaired) electrons. The number of anilines is 1. The van der Waals surface area contributed by atoms with Crippen LogP contribution in [0.15, 0.2) is 12.1 Å². The molecule has 0 saturated heterocycles. The van der Waals surface area contributed by atoms with E-state index in [0.29, 0.717) is 10.7 Å². The van der Waals surface area contributed by atoms with Gasteiger partial charge in [-0.1, -0.05) is 0 Å². The average Bonchev–Trinajstić information content (AvgIpc) is 3.01. The first kappa shape index (κ1) is 20.2. The van der Waals surface area contributed by atoms with E-state index < -0.39 is 53.3 Å². The van der Waals surface area contributed by atoms with Crippen LogP contribution < -0.4 is 11.1 Å². The topological polar surface area (TPSA) is 103 Å². The van der Waals surface area contributed by atoms with Crippen LogP contribution in [-0.4, -0.2) is 32.8 Å². The fourth-order valence-corrected chi connectivity index (χ4v) is 4.39. The lowest BCUT2D eigenvalue weighted by molar-refractivity contribution is -0.242. The third-order valence-electron chi connectivity index (χ3n) is 5.70. The molecule has 1 aromatic heterocycles. The highest BCUT2D eigenvalue weighted by Gasteiger charge is 2.65. The van der Waals surface area contributed by atoms with Gasteiger partial charge in [0, 0.05) is 12.5 Å². The Morgan fingerprint density at radius 2 is 2.00 bits per heavy atom. The molecule has 0 saturated carbocycles. The van der Waals surface area contributed by atoms with E-state index in [-0.39, 0.29) is 42.8 Å². The highest BCUT2D eigenvalue weighted by atomic mass is 19.4. The van der Waals surface area contributed by atoms with E-state index in [1.165, 1.54) is 0 Å². The molecule has 2 aliphatic rings. The monoisotopic (exact) mass is 429 g/mol. The van der Waals surface area contributed by atoms with Crippen molar-refractivity contribution in [1.29, 1.82) is 0 Å². The molecule has 1 unspecified atom stereocenters. The number of nitrogens with two attached hydrogens (primary N) is 1. The maximum Gasteiger partial charge on any atom is 0.414 e. The van der Waals surface area contributed by atoms with Gasteiger partial charge < -0.3 is 11.1 Å². The van der Waals surface area contributed by atoms with Gasteiger partial charge in [0.05, 0.1) is 11.6 Å². The van der Waals surface area contributed by atoms with Crippen LogP contribution >= 0.6 is 0 Å². The molecule has 0 aliphatic carbocycles. The van der Waals surface area contributed by atoms with Crippen LogP contribution in [0.3, 0.4) is 0 Å². The first-order valence-corrected chi connectivity index (χ1v) is 9.16. The van der Waals surface area contributed by atoms with Crippen LogP contribution in [0.25, 0.3) is 0 Å². The van der Waals surface area contributed by atoms with Gasteiger partial charge in [0.1, 0.15) is 17.5 Å². The van der Waals surface area contributed by atoms with Gasteiger partial charge in [0.2, 0.25) is 11.7 Å². The number of benzene rings is 1. The first-order valence-electron chi connectivity index (χ1n) is 9.16. The number of aryl methyl sites for hydroxylation is 2. The molecule has 2 amide bonds. The highest BCUT2D eigenvalue weighted by molar-refractivity contribution is 5.95. The van der Waals surface area contributed by atoms with Gasteiger partial charge in [-0.05, 0) is 37.3 Å². The molecule has 0 spiro atoms. The van der Waals surface area contributed by atoms with Gasteiger partial charge in [-0.2, -0.15) is 13.2 Å². The average molecular weight is 429 g/mol. The number of nitrogens with one attached hydrogen (secondary N) is 1. The van der Waals surface area contributed by atoms with Gasteiger partial charge in [0.15, 0.2) is 5.54 Å². The molecule has 0 fully saturated rings. The summed E-state index contributed by atoms with van der Waals surface area (Å²) < 4.78 is 71.9. The van der Waals surface area contributed by atoms with Crippen LogP contribution in [0.4, 0.5) is 27.6 Å². The Morgan fingerprint density at radius 3 is 2.67 bits per heavy atom. The van der Waals surface area contributed by atoms with Gasteiger partial charge in [0.25, 0.3) is 5.91 Å². The summed E-state index contributed by atoms with van der Waals surface area (Å²) in [6.45, 7) is 0. The molecule has 30 heavy (non-hydrogen) atoms. The van der Waals surface area contributed by atoms with E-state index >= 15 is 0 Å². The normalized spacial score (nSPS) is 23.9. The van der Waals surface area contributed by atoms with Crippen molar-refractivity contribution in [3.05, 3.63) is 41.0 Å². The Balaban J connectivity index is 1.85. The zero-order valence-electron chi connectivity index (χ0n) is 15.4. The van der Waals surface area contributed by atoms with Crippen molar-refractivity contribution in [3.8, 4) is 0 Å². The summed E-state index contributed by atoms with van der Waals surface area (Å²) in [5.74, 6) is -6.53. The van der Waals surface area contributed by atoms with Gasteiger partial charge in [-0.15, -0.1) is 5.10 Å². The van der Waals surface area contributed by atoms with E-state index in [2.05, 4.69) is 15.4 Å². The fourth-order valence-electron chi connectivity index (χ4n) is 4.39. The minimum atomic E-state index is -4.95. The van der Waals surface area contributed by atoms with Gasteiger partial charge >= 0.3 is 6.18 Å². The minimum absolute atomic E-state index is 0.0378. The van der Waals surface area contributed by atoms with Crippen LogP contribution in [0, 0.1) is 17.6 Å². The number of carbonyl (C=O) groups is 2. The zero-order chi connectivity index (χ0) is 21.8. The first-order chi connectivity index (χ1) is 14.0. The van der Waals surface area contributed by atoms with E-state index in [1.54, 1.807) is 0 Å². The third kappa shape index (κ3) is 2.92. The smallest absolute Gasteiger partial charge is 0.363 e. The summed E-state index contributed by atoms with van der Waals surface area (Å²) in [6, 6.07) is 1.53. The second-order valence-corrected chi connectivity index (χ2v) is 7.41. The molecule has 4 rings (SSSR count). The van der Waals surface area contributed by atoms with E-state index in [9.17, 15) is 31.5 Å². The predicted molar refractivity (Wildman–Crippen MR) is 92.3 cm³/mol. The molecule has 3 heterocycles. The van der Waals surface area contributed by atoms with Crippen molar-refractivity contribution in [2.45, 2.75) is 43.8 Å². The molecule has 2 atom stereocenters. The fraction of sp³-hybridized carbons (Fsp3) is 0.444. The van der Waals surface area contributed by atoms with Crippen molar-refractivity contribution < 1.29 is 31.5 Å². The van der Waals surface area contributed by atoms with Crippen LogP contribution in [0.1, 0.15) is 41.3 Å². The number of alkyl halides is 3. The van der Waals surface area contributed by atoms with E-state index in [1.807, 2.05) is 0 Å². The number of aromatic nitrogens is 3. The summed E-state index contributed by atoms with van der Waals surface area (Å²) in [7, 11) is 0. The van der Waals surface area contributed by atoms with E-state index in [0.717, 1.165) is 6.07 Å². The Hall–Kier alpha value is -3.05. The summed E-state index contributed by atoms with van der Waals surface area (Å²) in [6.07, 6.45) is -5.80. The van der Waals surface area contributed by atoms with Gasteiger partial charge in [-0.25, -0.2) is 18.4 Å².